The third-order valence-electron chi connectivity index (χ3n) is 8.98. The molecule has 1 aromatic heterocycles. The molecular formula is C38H36Cl2N4O6. The lowest BCUT2D eigenvalue weighted by atomic mass is 9.96. The van der Waals surface area contributed by atoms with Gasteiger partial charge in [0.1, 0.15) is 6.29 Å². The molecule has 4 aliphatic rings. The van der Waals surface area contributed by atoms with Crippen LogP contribution in [-0.4, -0.2) is 59.7 Å². The summed E-state index contributed by atoms with van der Waals surface area (Å²) in [6.07, 6.45) is 12.6. The number of aliphatic hydroxyl groups is 1. The summed E-state index contributed by atoms with van der Waals surface area (Å²) >= 11 is 13.4. The number of rotatable bonds is 9. The molecule has 8 bridgehead atoms. The smallest absolute Gasteiger partial charge is 0.305 e. The highest BCUT2D eigenvalue weighted by Gasteiger charge is 2.28. The van der Waals surface area contributed by atoms with Gasteiger partial charge in [0.05, 0.1) is 64.8 Å². The number of carbonyl (C=O) groups is 3. The number of methoxy groups -OCH3 is 2. The summed E-state index contributed by atoms with van der Waals surface area (Å²) in [6.45, 7) is 7.64. The fourth-order valence-corrected chi connectivity index (χ4v) is 6.81. The lowest BCUT2D eigenvalue weighted by Crippen LogP contribution is -2.27. The number of nitrogens with zero attached hydrogens (tertiary/aromatic N) is 3. The molecule has 0 radical (unpaired) electrons. The van der Waals surface area contributed by atoms with Gasteiger partial charge in [-0.3, -0.25) is 14.4 Å². The van der Waals surface area contributed by atoms with E-state index in [0.717, 1.165) is 39.7 Å². The van der Waals surface area contributed by atoms with E-state index in [0.29, 0.717) is 75.2 Å². The third-order valence-corrected chi connectivity index (χ3v) is 9.61. The molecule has 5 heterocycles. The lowest BCUT2D eigenvalue weighted by molar-refractivity contribution is -0.141. The molecule has 2 N–H and O–H groups in total. The Balaban J connectivity index is 1.87. The number of carbonyl (C=O) groups excluding carboxylic acids is 3. The summed E-state index contributed by atoms with van der Waals surface area (Å²) < 4.78 is 9.86. The van der Waals surface area contributed by atoms with Gasteiger partial charge in [-0.2, -0.15) is 0 Å². The number of allylic oxidation sites excluding steroid dienone is 10. The minimum absolute atomic E-state index is 0.143. The van der Waals surface area contributed by atoms with Crippen molar-refractivity contribution >= 4 is 75.7 Å². The van der Waals surface area contributed by atoms with E-state index in [2.05, 4.69) is 4.98 Å². The van der Waals surface area contributed by atoms with Crippen molar-refractivity contribution in [1.82, 2.24) is 4.98 Å². The summed E-state index contributed by atoms with van der Waals surface area (Å²) in [4.78, 5) is 54.4. The standard InChI is InChI=1S/C38H36Cl2N4O6/c1-19-23(7-9-35(47)49-5)31-18-32-24(8-10-36(48)50-6)20(2)28(42-32)16-33-38(26(40)12-14-46)22(4)30(44-33)17-34-37(25(39)11-13-45)21(3)29(43-34)15-27(19)41-31/h11-18,44,46H,7-10H2,1-6H3/b14-12?,25-11+,27-15?,32-18?,33-16?,34-17?,38-26?. The van der Waals surface area contributed by atoms with Gasteiger partial charge in [-0.1, -0.05) is 23.2 Å². The number of nitrogens with one attached hydrogen (secondary N) is 1. The van der Waals surface area contributed by atoms with Gasteiger partial charge in [0.25, 0.3) is 0 Å². The molecule has 0 fully saturated rings. The van der Waals surface area contributed by atoms with E-state index < -0.39 is 0 Å². The van der Waals surface area contributed by atoms with Crippen LogP contribution in [0.25, 0.3) is 17.2 Å². The first-order valence-electron chi connectivity index (χ1n) is 15.8. The molecular weight excluding hydrogens is 679 g/mol. The van der Waals surface area contributed by atoms with E-state index in [1.165, 1.54) is 26.4 Å². The molecule has 0 saturated heterocycles. The second-order valence-corrected chi connectivity index (χ2v) is 12.7. The van der Waals surface area contributed by atoms with E-state index in [1.54, 1.807) is 0 Å². The van der Waals surface area contributed by atoms with Crippen molar-refractivity contribution in [2.24, 2.45) is 15.0 Å². The Bertz CT molecular complexity index is 2200. The number of aldehydes is 1. The van der Waals surface area contributed by atoms with Crippen molar-refractivity contribution in [3.63, 3.8) is 0 Å². The third kappa shape index (κ3) is 7.13. The molecule has 258 valence electrons. The fourth-order valence-electron chi connectivity index (χ4n) is 6.22. The molecule has 0 unspecified atom stereocenters. The van der Waals surface area contributed by atoms with Crippen LogP contribution in [0.3, 0.4) is 0 Å². The highest BCUT2D eigenvalue weighted by molar-refractivity contribution is 6.47. The van der Waals surface area contributed by atoms with Crippen LogP contribution in [-0.2, 0) is 23.9 Å². The molecule has 0 aromatic carbocycles. The van der Waals surface area contributed by atoms with Crippen molar-refractivity contribution < 1.29 is 29.0 Å². The summed E-state index contributed by atoms with van der Waals surface area (Å²) in [7, 11) is 2.71. The number of H-pyrrole nitrogens is 1. The molecule has 5 rings (SSSR count). The van der Waals surface area contributed by atoms with E-state index in [4.69, 9.17) is 47.7 Å². The van der Waals surface area contributed by atoms with Crippen LogP contribution in [0.4, 0.5) is 0 Å². The van der Waals surface area contributed by atoms with Crippen LogP contribution in [0.15, 0.2) is 101 Å². The van der Waals surface area contributed by atoms with Crippen LogP contribution >= 0.6 is 23.2 Å². The molecule has 4 aliphatic heterocycles. The second kappa shape index (κ2) is 15.2. The van der Waals surface area contributed by atoms with Gasteiger partial charge in [-0.25, -0.2) is 15.0 Å². The van der Waals surface area contributed by atoms with Crippen molar-refractivity contribution in [2.75, 3.05) is 14.2 Å². The van der Waals surface area contributed by atoms with Crippen molar-refractivity contribution in [3.8, 4) is 0 Å². The zero-order valence-electron chi connectivity index (χ0n) is 28.5. The van der Waals surface area contributed by atoms with Crippen LogP contribution in [0.5, 0.6) is 0 Å². The Labute approximate surface area is 299 Å². The summed E-state index contributed by atoms with van der Waals surface area (Å²) in [6, 6.07) is 0. The van der Waals surface area contributed by atoms with E-state index in [1.807, 2.05) is 52.0 Å². The van der Waals surface area contributed by atoms with Gasteiger partial charge < -0.3 is 19.6 Å². The first-order chi connectivity index (χ1) is 23.9. The number of aliphatic imine (C=N–C) groups is 3. The van der Waals surface area contributed by atoms with Gasteiger partial charge in [-0.15, -0.1) is 0 Å². The van der Waals surface area contributed by atoms with Gasteiger partial charge in [-0.05, 0) is 110 Å². The zero-order valence-corrected chi connectivity index (χ0v) is 30.0. The molecule has 1 aromatic rings. The zero-order chi connectivity index (χ0) is 36.3. The van der Waals surface area contributed by atoms with E-state index in [-0.39, 0.29) is 34.8 Å². The van der Waals surface area contributed by atoms with Gasteiger partial charge >= 0.3 is 11.9 Å². The Morgan fingerprint density at radius 2 is 1.40 bits per heavy atom. The average molecular weight is 716 g/mol. The van der Waals surface area contributed by atoms with E-state index >= 15 is 0 Å². The molecule has 0 spiro atoms. The quantitative estimate of drug-likeness (QED) is 0.135. The maximum atomic E-state index is 12.2. The predicted molar refractivity (Wildman–Crippen MR) is 197 cm³/mol. The second-order valence-electron chi connectivity index (χ2n) is 11.9. The van der Waals surface area contributed by atoms with Gasteiger partial charge in [0.2, 0.25) is 0 Å². The maximum absolute atomic E-state index is 12.2. The topological polar surface area (TPSA) is 143 Å². The molecule has 12 heteroatoms. The number of hydrogen-bond acceptors (Lipinski definition) is 9. The van der Waals surface area contributed by atoms with E-state index in [9.17, 15) is 19.5 Å². The van der Waals surface area contributed by atoms with Crippen molar-refractivity contribution in [3.05, 3.63) is 108 Å². The number of esters is 2. The van der Waals surface area contributed by atoms with Crippen LogP contribution in [0.2, 0.25) is 0 Å². The Morgan fingerprint density at radius 3 is 2.04 bits per heavy atom. The van der Waals surface area contributed by atoms with Gasteiger partial charge in [0.15, 0.2) is 0 Å². The summed E-state index contributed by atoms with van der Waals surface area (Å²) in [5.41, 5.74) is 9.75. The largest absolute Gasteiger partial charge is 0.516 e. The normalized spacial score (nSPS) is 18.0. The number of hydrogen-bond donors (Lipinski definition) is 2. The molecule has 0 saturated carbocycles. The number of fused-ring (bicyclic) bond motifs is 5. The average Bonchev–Trinajstić information content (AvgIpc) is 3.75. The summed E-state index contributed by atoms with van der Waals surface area (Å²) in [5, 5.41) is 11.3. The monoisotopic (exact) mass is 714 g/mol. The summed E-state index contributed by atoms with van der Waals surface area (Å²) in [5.74, 6) is -0.701. The molecule has 0 aliphatic carbocycles. The van der Waals surface area contributed by atoms with Crippen LogP contribution < -0.4 is 10.6 Å². The number of aliphatic hydroxyl groups excluding tert-OH is 1. The van der Waals surface area contributed by atoms with Crippen LogP contribution in [0.1, 0.15) is 57.7 Å². The minimum Gasteiger partial charge on any atom is -0.516 e. The first kappa shape index (κ1) is 36.2. The molecule has 0 amide bonds. The molecule has 10 nitrogen and oxygen atoms in total. The van der Waals surface area contributed by atoms with Crippen molar-refractivity contribution in [2.45, 2.75) is 53.4 Å². The number of halogens is 2. The number of aromatic amines is 1. The Hall–Kier alpha value is -5.06. The highest BCUT2D eigenvalue weighted by atomic mass is 35.5. The number of ether oxygens (including phenoxy) is 2. The predicted octanol–water partition coefficient (Wildman–Crippen LogP) is 6.19. The minimum atomic E-state index is -0.351. The fraction of sp³-hybridized carbons (Fsp3) is 0.263. The van der Waals surface area contributed by atoms with Crippen molar-refractivity contribution in [1.29, 1.82) is 0 Å². The maximum Gasteiger partial charge on any atom is 0.305 e. The number of aromatic nitrogens is 1. The SMILES string of the molecule is COC(=O)CCC1=C(C)C2=NC1=CC1=NC(=CC3=NC(=Cc4[nH]c(c(=C(Cl)C=CO)c4C)=C2)C(/C(Cl)=C\C=O)=C3C)C(C)=C1CCC(=O)OC. The molecule has 0 atom stereocenters. The molecule has 50 heavy (non-hydrogen) atoms. The van der Waals surface area contributed by atoms with Gasteiger partial charge in [0, 0.05) is 34.7 Å². The van der Waals surface area contributed by atoms with Crippen LogP contribution in [0, 0.1) is 6.92 Å². The Morgan fingerprint density at radius 1 is 0.800 bits per heavy atom. The highest BCUT2D eigenvalue weighted by Crippen LogP contribution is 2.38. The first-order valence-corrected chi connectivity index (χ1v) is 16.6. The lowest BCUT2D eigenvalue weighted by Gasteiger charge is -2.08. The Kier molecular flexibility index (Phi) is 11.0.